The van der Waals surface area contributed by atoms with Crippen LogP contribution in [0.25, 0.3) is 0 Å². The minimum absolute atomic E-state index is 0.240. The molecule has 1 fully saturated rings. The van der Waals surface area contributed by atoms with Crippen LogP contribution in [-0.2, 0) is 17.7 Å². The van der Waals surface area contributed by atoms with E-state index < -0.39 is 0 Å². The van der Waals surface area contributed by atoms with E-state index in [1.54, 1.807) is 0 Å². The fraction of sp³-hybridized carbons (Fsp3) is 0.667. The molecule has 2 rings (SSSR count). The van der Waals surface area contributed by atoms with Gasteiger partial charge in [-0.1, -0.05) is 13.3 Å². The summed E-state index contributed by atoms with van der Waals surface area (Å²) < 4.78 is 11.4. The molecule has 1 saturated heterocycles. The minimum atomic E-state index is 0.240. The van der Waals surface area contributed by atoms with Crippen LogP contribution in [0.5, 0.6) is 5.88 Å². The maximum Gasteiger partial charge on any atom is 0.213 e. The van der Waals surface area contributed by atoms with E-state index in [0.717, 1.165) is 50.4 Å². The summed E-state index contributed by atoms with van der Waals surface area (Å²) in [6.07, 6.45) is 4.57. The highest BCUT2D eigenvalue weighted by atomic mass is 16.5. The Balaban J connectivity index is 1.99. The van der Waals surface area contributed by atoms with E-state index in [1.807, 2.05) is 13.1 Å². The number of nitrogens with zero attached hydrogens (tertiary/aromatic N) is 1. The fourth-order valence-electron chi connectivity index (χ4n) is 2.34. The smallest absolute Gasteiger partial charge is 0.213 e. The summed E-state index contributed by atoms with van der Waals surface area (Å²) in [4.78, 5) is 4.56. The minimum Gasteiger partial charge on any atom is -0.475 e. The van der Waals surface area contributed by atoms with Gasteiger partial charge in [-0.3, -0.25) is 0 Å². The average Bonchev–Trinajstić information content (AvgIpc) is 2.90. The van der Waals surface area contributed by atoms with E-state index in [9.17, 15) is 0 Å². The standard InChI is InChI=1S/C15H24N2O2/c1-3-5-13-8-12(10-16-2)9-15(17-13)19-11-14-6-4-7-18-14/h8-9,14,16H,3-7,10-11H2,1-2H3. The molecule has 0 amide bonds. The Kier molecular flexibility index (Phi) is 5.61. The third kappa shape index (κ3) is 4.48. The molecule has 1 aromatic rings. The Morgan fingerprint density at radius 2 is 2.37 bits per heavy atom. The molecule has 2 heterocycles. The van der Waals surface area contributed by atoms with Gasteiger partial charge in [0.25, 0.3) is 0 Å². The number of rotatable bonds is 7. The van der Waals surface area contributed by atoms with Gasteiger partial charge >= 0.3 is 0 Å². The molecule has 106 valence electrons. The summed E-state index contributed by atoms with van der Waals surface area (Å²) in [5.74, 6) is 0.728. The van der Waals surface area contributed by atoms with Crippen LogP contribution in [-0.4, -0.2) is 31.3 Å². The number of aryl methyl sites for hydroxylation is 1. The van der Waals surface area contributed by atoms with Crippen molar-refractivity contribution in [3.8, 4) is 5.88 Å². The van der Waals surface area contributed by atoms with Crippen LogP contribution in [0, 0.1) is 0 Å². The number of hydrogen-bond donors (Lipinski definition) is 1. The first-order valence-corrected chi connectivity index (χ1v) is 7.20. The van der Waals surface area contributed by atoms with Gasteiger partial charge in [-0.05, 0) is 37.9 Å². The van der Waals surface area contributed by atoms with Gasteiger partial charge in [0.1, 0.15) is 6.61 Å². The predicted octanol–water partition coefficient (Wildman–Crippen LogP) is 2.31. The van der Waals surface area contributed by atoms with Crippen LogP contribution >= 0.6 is 0 Å². The number of pyridine rings is 1. The van der Waals surface area contributed by atoms with Gasteiger partial charge in [0.2, 0.25) is 5.88 Å². The molecular formula is C15H24N2O2. The van der Waals surface area contributed by atoms with Crippen LogP contribution in [0.4, 0.5) is 0 Å². The van der Waals surface area contributed by atoms with Crippen molar-refractivity contribution in [3.63, 3.8) is 0 Å². The van der Waals surface area contributed by atoms with Crippen LogP contribution in [0.3, 0.4) is 0 Å². The van der Waals surface area contributed by atoms with E-state index in [2.05, 4.69) is 23.3 Å². The Labute approximate surface area is 115 Å². The van der Waals surface area contributed by atoms with Crippen molar-refractivity contribution >= 4 is 0 Å². The highest BCUT2D eigenvalue weighted by molar-refractivity contribution is 5.25. The van der Waals surface area contributed by atoms with Gasteiger partial charge in [0, 0.05) is 24.9 Å². The van der Waals surface area contributed by atoms with E-state index in [1.165, 1.54) is 5.56 Å². The number of aromatic nitrogens is 1. The second-order valence-electron chi connectivity index (χ2n) is 5.03. The fourth-order valence-corrected chi connectivity index (χ4v) is 2.34. The largest absolute Gasteiger partial charge is 0.475 e. The lowest BCUT2D eigenvalue weighted by Crippen LogP contribution is -2.17. The first-order valence-electron chi connectivity index (χ1n) is 7.20. The SMILES string of the molecule is CCCc1cc(CNC)cc(OCC2CCCO2)n1. The molecule has 1 aliphatic rings. The second kappa shape index (κ2) is 7.46. The second-order valence-corrected chi connectivity index (χ2v) is 5.03. The maximum atomic E-state index is 5.80. The Hall–Kier alpha value is -1.13. The first kappa shape index (κ1) is 14.3. The lowest BCUT2D eigenvalue weighted by molar-refractivity contribution is 0.0662. The first-order chi connectivity index (χ1) is 9.31. The van der Waals surface area contributed by atoms with Gasteiger partial charge in [0.05, 0.1) is 6.10 Å². The molecule has 0 aliphatic carbocycles. The van der Waals surface area contributed by atoms with Crippen molar-refractivity contribution in [2.45, 2.75) is 45.3 Å². The third-order valence-corrected chi connectivity index (χ3v) is 3.24. The molecule has 1 N–H and O–H groups in total. The van der Waals surface area contributed by atoms with Crippen LogP contribution < -0.4 is 10.1 Å². The molecule has 19 heavy (non-hydrogen) atoms. The molecule has 1 unspecified atom stereocenters. The molecule has 0 bridgehead atoms. The Morgan fingerprint density at radius 3 is 3.05 bits per heavy atom. The van der Waals surface area contributed by atoms with Crippen molar-refractivity contribution < 1.29 is 9.47 Å². The van der Waals surface area contributed by atoms with Crippen LogP contribution in [0.1, 0.15) is 37.4 Å². The maximum absolute atomic E-state index is 5.80. The molecule has 1 atom stereocenters. The normalized spacial score (nSPS) is 18.7. The topological polar surface area (TPSA) is 43.4 Å². The zero-order valence-corrected chi connectivity index (χ0v) is 11.9. The van der Waals surface area contributed by atoms with Gasteiger partial charge in [0.15, 0.2) is 0 Å². The zero-order chi connectivity index (χ0) is 13.5. The van der Waals surface area contributed by atoms with Gasteiger partial charge in [-0.15, -0.1) is 0 Å². The van der Waals surface area contributed by atoms with Crippen molar-refractivity contribution in [2.24, 2.45) is 0 Å². The zero-order valence-electron chi connectivity index (χ0n) is 11.9. The number of ether oxygens (including phenoxy) is 2. The molecule has 1 aliphatic heterocycles. The summed E-state index contributed by atoms with van der Waals surface area (Å²) in [5.41, 5.74) is 2.33. The Morgan fingerprint density at radius 1 is 1.47 bits per heavy atom. The van der Waals surface area contributed by atoms with Gasteiger partial charge in [-0.2, -0.15) is 0 Å². The molecule has 0 aromatic carbocycles. The monoisotopic (exact) mass is 264 g/mol. The van der Waals surface area contributed by atoms with Crippen LogP contribution in [0.15, 0.2) is 12.1 Å². The molecule has 0 saturated carbocycles. The van der Waals surface area contributed by atoms with E-state index in [0.29, 0.717) is 6.61 Å². The summed E-state index contributed by atoms with van der Waals surface area (Å²) in [6, 6.07) is 4.17. The molecule has 4 nitrogen and oxygen atoms in total. The molecule has 1 aromatic heterocycles. The van der Waals surface area contributed by atoms with Crippen molar-refractivity contribution in [2.75, 3.05) is 20.3 Å². The lowest BCUT2D eigenvalue weighted by atomic mass is 10.1. The third-order valence-electron chi connectivity index (χ3n) is 3.24. The summed E-state index contributed by atoms with van der Waals surface area (Å²) >= 11 is 0. The van der Waals surface area contributed by atoms with Crippen LogP contribution in [0.2, 0.25) is 0 Å². The quantitative estimate of drug-likeness (QED) is 0.820. The van der Waals surface area contributed by atoms with Crippen molar-refractivity contribution in [3.05, 3.63) is 23.4 Å². The predicted molar refractivity (Wildman–Crippen MR) is 75.5 cm³/mol. The van der Waals surface area contributed by atoms with Gasteiger partial charge in [-0.25, -0.2) is 4.98 Å². The number of nitrogens with one attached hydrogen (secondary N) is 1. The molecule has 0 radical (unpaired) electrons. The van der Waals surface area contributed by atoms with E-state index in [4.69, 9.17) is 9.47 Å². The van der Waals surface area contributed by atoms with Crippen molar-refractivity contribution in [1.29, 1.82) is 0 Å². The summed E-state index contributed by atoms with van der Waals surface area (Å²) in [6.45, 7) is 4.48. The highest BCUT2D eigenvalue weighted by Gasteiger charge is 2.16. The average molecular weight is 264 g/mol. The molecule has 0 spiro atoms. The molecule has 4 heteroatoms. The van der Waals surface area contributed by atoms with Gasteiger partial charge < -0.3 is 14.8 Å². The highest BCUT2D eigenvalue weighted by Crippen LogP contribution is 2.17. The Bertz CT molecular complexity index is 365. The molecular weight excluding hydrogens is 240 g/mol. The van der Waals surface area contributed by atoms with E-state index >= 15 is 0 Å². The summed E-state index contributed by atoms with van der Waals surface area (Å²) in [7, 11) is 1.95. The lowest BCUT2D eigenvalue weighted by Gasteiger charge is -2.13. The summed E-state index contributed by atoms with van der Waals surface area (Å²) in [5, 5.41) is 3.17. The number of hydrogen-bond acceptors (Lipinski definition) is 4. The van der Waals surface area contributed by atoms with Crippen molar-refractivity contribution in [1.82, 2.24) is 10.3 Å². The van der Waals surface area contributed by atoms with E-state index in [-0.39, 0.29) is 6.10 Å².